The van der Waals surface area contributed by atoms with Crippen LogP contribution < -0.4 is 14.9 Å². The van der Waals surface area contributed by atoms with Crippen LogP contribution in [0.25, 0.3) is 0 Å². The maximum absolute atomic E-state index is 13.0. The molecular formula is C28H33N3O4S. The van der Waals surface area contributed by atoms with Gasteiger partial charge in [-0.25, -0.2) is 8.42 Å². The van der Waals surface area contributed by atoms with Crippen molar-refractivity contribution in [2.75, 3.05) is 22.4 Å². The van der Waals surface area contributed by atoms with Crippen molar-refractivity contribution in [2.45, 2.75) is 39.2 Å². The lowest BCUT2D eigenvalue weighted by atomic mass is 9.87. The zero-order valence-electron chi connectivity index (χ0n) is 21.3. The molecule has 36 heavy (non-hydrogen) atoms. The van der Waals surface area contributed by atoms with Crippen LogP contribution in [0, 0.1) is 0 Å². The van der Waals surface area contributed by atoms with Gasteiger partial charge in [0.1, 0.15) is 6.54 Å². The second kappa shape index (κ2) is 11.0. The van der Waals surface area contributed by atoms with Crippen LogP contribution in [0.15, 0.2) is 78.9 Å². The van der Waals surface area contributed by atoms with Crippen LogP contribution in [0.1, 0.15) is 55.2 Å². The van der Waals surface area contributed by atoms with E-state index in [0.29, 0.717) is 11.4 Å². The molecule has 2 amide bonds. The summed E-state index contributed by atoms with van der Waals surface area (Å²) in [6, 6.07) is 23.1. The number of sulfonamides is 1. The number of carbonyl (C=O) groups is 2. The van der Waals surface area contributed by atoms with E-state index in [1.54, 1.807) is 36.4 Å². The predicted octanol–water partition coefficient (Wildman–Crippen LogP) is 4.88. The maximum Gasteiger partial charge on any atom is 0.253 e. The Morgan fingerprint density at radius 2 is 1.47 bits per heavy atom. The topological polar surface area (TPSA) is 95.6 Å². The summed E-state index contributed by atoms with van der Waals surface area (Å²) < 4.78 is 26.1. The largest absolute Gasteiger partial charge is 0.345 e. The van der Waals surface area contributed by atoms with Crippen LogP contribution in [0.4, 0.5) is 11.4 Å². The Kier molecular flexibility index (Phi) is 8.20. The number of rotatable bonds is 8. The van der Waals surface area contributed by atoms with Crippen molar-refractivity contribution in [2.24, 2.45) is 0 Å². The van der Waals surface area contributed by atoms with Crippen LogP contribution in [0.2, 0.25) is 0 Å². The van der Waals surface area contributed by atoms with E-state index in [4.69, 9.17) is 0 Å². The van der Waals surface area contributed by atoms with Crippen LogP contribution in [0.5, 0.6) is 0 Å². The van der Waals surface area contributed by atoms with Crippen molar-refractivity contribution >= 4 is 33.2 Å². The summed E-state index contributed by atoms with van der Waals surface area (Å²) in [5, 5.41) is 5.64. The van der Waals surface area contributed by atoms with Crippen LogP contribution in [-0.4, -0.2) is 33.0 Å². The van der Waals surface area contributed by atoms with Gasteiger partial charge < -0.3 is 10.6 Å². The lowest BCUT2D eigenvalue weighted by Gasteiger charge is -2.24. The van der Waals surface area contributed by atoms with Crippen molar-refractivity contribution in [1.82, 2.24) is 5.32 Å². The fourth-order valence-electron chi connectivity index (χ4n) is 3.74. The Morgan fingerprint density at radius 1 is 0.889 bits per heavy atom. The molecule has 0 unspecified atom stereocenters. The third kappa shape index (κ3) is 6.95. The number of nitrogens with zero attached hydrogens (tertiary/aromatic N) is 1. The highest BCUT2D eigenvalue weighted by Gasteiger charge is 2.23. The molecule has 0 aliphatic heterocycles. The summed E-state index contributed by atoms with van der Waals surface area (Å²) >= 11 is 0. The minimum atomic E-state index is -3.73. The number of amides is 2. The first-order chi connectivity index (χ1) is 16.9. The minimum absolute atomic E-state index is 0.0892. The average molecular weight is 508 g/mol. The van der Waals surface area contributed by atoms with E-state index < -0.39 is 22.5 Å². The zero-order valence-corrected chi connectivity index (χ0v) is 22.1. The molecular weight excluding hydrogens is 474 g/mol. The van der Waals surface area contributed by atoms with E-state index in [1.807, 2.05) is 49.4 Å². The highest BCUT2D eigenvalue weighted by molar-refractivity contribution is 7.92. The molecule has 3 rings (SSSR count). The summed E-state index contributed by atoms with van der Waals surface area (Å²) in [4.78, 5) is 25.9. The molecule has 0 spiro atoms. The van der Waals surface area contributed by atoms with Crippen LogP contribution in [0.3, 0.4) is 0 Å². The van der Waals surface area contributed by atoms with Crippen molar-refractivity contribution in [1.29, 1.82) is 0 Å². The minimum Gasteiger partial charge on any atom is -0.345 e. The number of hydrogen-bond acceptors (Lipinski definition) is 4. The number of carbonyl (C=O) groups excluding carboxylic acids is 2. The molecule has 0 radical (unpaired) electrons. The smallest absolute Gasteiger partial charge is 0.253 e. The van der Waals surface area contributed by atoms with Gasteiger partial charge >= 0.3 is 0 Å². The summed E-state index contributed by atoms with van der Waals surface area (Å²) in [6.07, 6.45) is 1.06. The van der Waals surface area contributed by atoms with Crippen molar-refractivity contribution in [3.8, 4) is 0 Å². The Labute approximate surface area is 213 Å². The van der Waals surface area contributed by atoms with E-state index in [0.717, 1.165) is 21.7 Å². The SMILES string of the molecule is C[C@H](NC(=O)c1ccccc1NC(=O)CN(c1ccc(C(C)(C)C)cc1)S(C)(=O)=O)c1ccccc1. The van der Waals surface area contributed by atoms with E-state index in [9.17, 15) is 18.0 Å². The molecule has 0 aliphatic rings. The number of nitrogens with one attached hydrogen (secondary N) is 2. The number of hydrogen-bond donors (Lipinski definition) is 2. The predicted molar refractivity (Wildman–Crippen MR) is 145 cm³/mol. The van der Waals surface area contributed by atoms with Crippen LogP contribution >= 0.6 is 0 Å². The highest BCUT2D eigenvalue weighted by Crippen LogP contribution is 2.26. The second-order valence-electron chi connectivity index (χ2n) is 9.77. The van der Waals surface area contributed by atoms with E-state index >= 15 is 0 Å². The highest BCUT2D eigenvalue weighted by atomic mass is 32.2. The molecule has 0 bridgehead atoms. The molecule has 8 heteroatoms. The van der Waals surface area contributed by atoms with Crippen LogP contribution in [-0.2, 0) is 20.2 Å². The Morgan fingerprint density at radius 3 is 2.06 bits per heavy atom. The molecule has 3 aromatic rings. The fraction of sp³-hybridized carbons (Fsp3) is 0.286. The Balaban J connectivity index is 1.77. The summed E-state index contributed by atoms with van der Waals surface area (Å²) in [6.45, 7) is 7.65. The van der Waals surface area contributed by atoms with Gasteiger partial charge in [-0.1, -0.05) is 75.4 Å². The lowest BCUT2D eigenvalue weighted by Crippen LogP contribution is -2.38. The molecule has 0 aliphatic carbocycles. The molecule has 0 heterocycles. The average Bonchev–Trinajstić information content (AvgIpc) is 2.82. The van der Waals surface area contributed by atoms with Gasteiger partial charge in [-0.2, -0.15) is 0 Å². The second-order valence-corrected chi connectivity index (χ2v) is 11.7. The normalized spacial score (nSPS) is 12.5. The molecule has 2 N–H and O–H groups in total. The van der Waals surface area contributed by atoms with Gasteiger partial charge in [0.15, 0.2) is 0 Å². The number of para-hydroxylation sites is 1. The summed E-state index contributed by atoms with van der Waals surface area (Å²) in [7, 11) is -3.73. The quantitative estimate of drug-likeness (QED) is 0.454. The molecule has 0 fully saturated rings. The van der Waals surface area contributed by atoms with Crippen molar-refractivity contribution in [3.63, 3.8) is 0 Å². The third-order valence-electron chi connectivity index (χ3n) is 5.80. The maximum atomic E-state index is 13.0. The van der Waals surface area contributed by atoms with E-state index in [-0.39, 0.29) is 22.9 Å². The Hall–Kier alpha value is -3.65. The lowest BCUT2D eigenvalue weighted by molar-refractivity contribution is -0.114. The molecule has 0 aromatic heterocycles. The van der Waals surface area contributed by atoms with Gasteiger partial charge in [-0.15, -0.1) is 0 Å². The Bertz CT molecular complexity index is 1310. The summed E-state index contributed by atoms with van der Waals surface area (Å²) in [5.74, 6) is -0.906. The molecule has 0 saturated carbocycles. The first-order valence-electron chi connectivity index (χ1n) is 11.7. The third-order valence-corrected chi connectivity index (χ3v) is 6.94. The summed E-state index contributed by atoms with van der Waals surface area (Å²) in [5.41, 5.74) is 2.89. The fourth-order valence-corrected chi connectivity index (χ4v) is 4.59. The molecule has 7 nitrogen and oxygen atoms in total. The zero-order chi connectivity index (χ0) is 26.5. The molecule has 1 atom stereocenters. The molecule has 190 valence electrons. The van der Waals surface area contributed by atoms with E-state index in [1.165, 1.54) is 0 Å². The standard InChI is InChI=1S/C28H33N3O4S/c1-20(21-11-7-6-8-12-21)29-27(33)24-13-9-10-14-25(24)30-26(32)19-31(36(5,34)35)23-17-15-22(16-18-23)28(2,3)4/h6-18,20H,19H2,1-5H3,(H,29,33)(H,30,32)/t20-/m0/s1. The molecule has 3 aromatic carbocycles. The van der Waals surface area contributed by atoms with Crippen molar-refractivity contribution in [3.05, 3.63) is 95.6 Å². The monoisotopic (exact) mass is 507 g/mol. The van der Waals surface area contributed by atoms with Gasteiger partial charge in [0.25, 0.3) is 5.91 Å². The van der Waals surface area contributed by atoms with Gasteiger partial charge in [0, 0.05) is 0 Å². The first-order valence-corrected chi connectivity index (χ1v) is 13.5. The van der Waals surface area contributed by atoms with Gasteiger partial charge in [-0.05, 0) is 47.7 Å². The van der Waals surface area contributed by atoms with Crippen molar-refractivity contribution < 1.29 is 18.0 Å². The number of anilines is 2. The molecule has 0 saturated heterocycles. The first kappa shape index (κ1) is 26.9. The number of benzene rings is 3. The van der Waals surface area contributed by atoms with Gasteiger partial charge in [0.2, 0.25) is 15.9 Å². The van der Waals surface area contributed by atoms with Gasteiger partial charge in [0.05, 0.1) is 29.2 Å². The van der Waals surface area contributed by atoms with E-state index in [2.05, 4.69) is 31.4 Å². The van der Waals surface area contributed by atoms with Gasteiger partial charge in [-0.3, -0.25) is 13.9 Å².